The molecule has 8 nitrogen and oxygen atoms in total. The molecule has 5 N–H and O–H groups in total. The van der Waals surface area contributed by atoms with Gasteiger partial charge in [-0.2, -0.15) is 0 Å². The van der Waals surface area contributed by atoms with Crippen molar-refractivity contribution in [3.8, 4) is 5.75 Å². The Morgan fingerprint density at radius 2 is 1.85 bits per heavy atom. The highest BCUT2D eigenvalue weighted by molar-refractivity contribution is 5.95. The lowest BCUT2D eigenvalue weighted by atomic mass is 10.2. The Balaban J connectivity index is 1.34. The molecule has 0 unspecified atom stereocenters. The number of hydrogen-bond acceptors (Lipinski definition) is 6. The molecular weight excluding hydrogens is 346 g/mol. The Hall–Kier alpha value is -3.39. The molecule has 0 radical (unpaired) electrons. The van der Waals surface area contributed by atoms with Crippen molar-refractivity contribution in [1.29, 1.82) is 0 Å². The number of aromatic nitrogens is 2. The molecule has 1 amide bonds. The predicted molar refractivity (Wildman–Crippen MR) is 98.8 cm³/mol. The summed E-state index contributed by atoms with van der Waals surface area (Å²) in [5, 5.41) is 11.7. The molecule has 140 valence electrons. The van der Waals surface area contributed by atoms with Crippen LogP contribution < -0.4 is 21.1 Å². The number of nitrogens with one attached hydrogen (secondary N) is 1. The lowest BCUT2D eigenvalue weighted by Crippen LogP contribution is -2.84. The van der Waals surface area contributed by atoms with E-state index in [9.17, 15) is 4.79 Å². The summed E-state index contributed by atoms with van der Waals surface area (Å²) in [5.41, 5.74) is 7.80. The largest absolute Gasteiger partial charge is 0.489 e. The van der Waals surface area contributed by atoms with Crippen LogP contribution in [0.2, 0.25) is 0 Å². The number of rotatable bonds is 9. The van der Waals surface area contributed by atoms with Crippen LogP contribution in [-0.4, -0.2) is 29.3 Å². The zero-order chi connectivity index (χ0) is 18.9. The smallest absolute Gasteiger partial charge is 0.277 e. The normalized spacial score (nSPS) is 10.5. The van der Waals surface area contributed by atoms with Crippen molar-refractivity contribution >= 4 is 11.7 Å². The first kappa shape index (κ1) is 18.4. The first-order valence-electron chi connectivity index (χ1n) is 8.66. The molecule has 0 fully saturated rings. The molecule has 3 aromatic rings. The van der Waals surface area contributed by atoms with E-state index in [2.05, 4.69) is 25.6 Å². The average molecular weight is 368 g/mol. The summed E-state index contributed by atoms with van der Waals surface area (Å²) in [6, 6.07) is 18.1. The minimum Gasteiger partial charge on any atom is -0.489 e. The number of carbonyl (C=O) groups is 1. The van der Waals surface area contributed by atoms with Crippen LogP contribution in [0.15, 0.2) is 59.2 Å². The van der Waals surface area contributed by atoms with Crippen LogP contribution in [0.3, 0.4) is 0 Å². The van der Waals surface area contributed by atoms with Gasteiger partial charge in [0.2, 0.25) is 11.5 Å². The molecule has 3 rings (SSSR count). The Labute approximate surface area is 156 Å². The molecule has 1 aromatic heterocycles. The van der Waals surface area contributed by atoms with E-state index in [1.807, 2.05) is 54.6 Å². The predicted octanol–water partition coefficient (Wildman–Crippen LogP) is 0.724. The van der Waals surface area contributed by atoms with Crippen molar-refractivity contribution < 1.29 is 19.5 Å². The Morgan fingerprint density at radius 1 is 1.07 bits per heavy atom. The van der Waals surface area contributed by atoms with E-state index in [4.69, 9.17) is 10.5 Å². The fourth-order valence-electron chi connectivity index (χ4n) is 2.46. The fourth-order valence-corrected chi connectivity index (χ4v) is 2.46. The van der Waals surface area contributed by atoms with E-state index < -0.39 is 0 Å². The average Bonchev–Trinajstić information content (AvgIpc) is 3.14. The molecule has 0 spiro atoms. The number of ether oxygens (including phenoxy) is 1. The van der Waals surface area contributed by atoms with Crippen LogP contribution in [0.1, 0.15) is 21.6 Å². The highest BCUT2D eigenvalue weighted by Crippen LogP contribution is 2.13. The first-order valence-corrected chi connectivity index (χ1v) is 8.66. The van der Waals surface area contributed by atoms with Gasteiger partial charge in [-0.1, -0.05) is 30.3 Å². The van der Waals surface area contributed by atoms with Crippen molar-refractivity contribution in [3.63, 3.8) is 0 Å². The van der Waals surface area contributed by atoms with Gasteiger partial charge in [-0.25, -0.2) is 4.63 Å². The van der Waals surface area contributed by atoms with Crippen molar-refractivity contribution in [2.45, 2.75) is 13.2 Å². The van der Waals surface area contributed by atoms with Crippen molar-refractivity contribution in [2.75, 3.05) is 18.8 Å². The van der Waals surface area contributed by atoms with Crippen molar-refractivity contribution in [3.05, 3.63) is 71.4 Å². The van der Waals surface area contributed by atoms with E-state index >= 15 is 0 Å². The van der Waals surface area contributed by atoms with Crippen LogP contribution >= 0.6 is 0 Å². The molecule has 0 aliphatic carbocycles. The number of quaternary nitrogens is 1. The quantitative estimate of drug-likeness (QED) is 0.479. The fraction of sp³-hybridized carbons (Fsp3) is 0.211. The second kappa shape index (κ2) is 9.35. The number of anilines is 1. The third-order valence-corrected chi connectivity index (χ3v) is 3.91. The highest BCUT2D eigenvalue weighted by atomic mass is 16.6. The summed E-state index contributed by atoms with van der Waals surface area (Å²) in [4.78, 5) is 11.8. The van der Waals surface area contributed by atoms with Gasteiger partial charge < -0.3 is 21.1 Å². The topological polar surface area (TPSA) is 120 Å². The molecule has 0 saturated carbocycles. The van der Waals surface area contributed by atoms with E-state index in [1.54, 1.807) is 0 Å². The number of amides is 1. The van der Waals surface area contributed by atoms with Gasteiger partial charge in [0, 0.05) is 5.56 Å². The first-order chi connectivity index (χ1) is 13.2. The van der Waals surface area contributed by atoms with Gasteiger partial charge in [-0.15, -0.1) is 0 Å². The molecule has 27 heavy (non-hydrogen) atoms. The summed E-state index contributed by atoms with van der Waals surface area (Å²) < 4.78 is 10.2. The number of carbonyl (C=O) groups excluding carboxylic acids is 1. The number of benzene rings is 2. The lowest BCUT2D eigenvalue weighted by molar-refractivity contribution is -0.668. The number of nitrogens with zero attached hydrogens (tertiary/aromatic N) is 2. The summed E-state index contributed by atoms with van der Waals surface area (Å²) >= 11 is 0. The second-order valence-electron chi connectivity index (χ2n) is 5.95. The van der Waals surface area contributed by atoms with E-state index in [0.29, 0.717) is 13.2 Å². The van der Waals surface area contributed by atoms with E-state index in [-0.39, 0.29) is 17.4 Å². The van der Waals surface area contributed by atoms with Gasteiger partial charge in [0.25, 0.3) is 5.91 Å². The number of nitrogens with two attached hydrogens (primary N) is 2. The maximum atomic E-state index is 11.8. The highest BCUT2D eigenvalue weighted by Gasteiger charge is 2.15. The van der Waals surface area contributed by atoms with Gasteiger partial charge in [0.1, 0.15) is 18.9 Å². The molecule has 0 saturated heterocycles. The number of nitrogen functional groups attached to an aromatic ring is 1. The zero-order valence-corrected chi connectivity index (χ0v) is 14.8. The monoisotopic (exact) mass is 368 g/mol. The van der Waals surface area contributed by atoms with Crippen LogP contribution in [0.5, 0.6) is 5.75 Å². The second-order valence-corrected chi connectivity index (χ2v) is 5.95. The van der Waals surface area contributed by atoms with Crippen molar-refractivity contribution in [1.82, 2.24) is 15.6 Å². The third-order valence-electron chi connectivity index (χ3n) is 3.91. The molecule has 1 heterocycles. The maximum Gasteiger partial charge on any atom is 0.277 e. The lowest BCUT2D eigenvalue weighted by Gasteiger charge is -2.07. The SMILES string of the molecule is Nc1nonc1C(=O)NCC[NH2+]Cc1ccc(OCc2ccccc2)cc1. The van der Waals surface area contributed by atoms with Crippen LogP contribution in [0, 0.1) is 0 Å². The Bertz CT molecular complexity index is 849. The van der Waals surface area contributed by atoms with Gasteiger partial charge in [-0.05, 0) is 40.1 Å². The third kappa shape index (κ3) is 5.55. The Kier molecular flexibility index (Phi) is 6.37. The van der Waals surface area contributed by atoms with E-state index in [0.717, 1.165) is 24.4 Å². The molecule has 0 aliphatic heterocycles. The summed E-state index contributed by atoms with van der Waals surface area (Å²) in [5.74, 6) is 0.446. The molecule has 0 bridgehead atoms. The summed E-state index contributed by atoms with van der Waals surface area (Å²) in [6.07, 6.45) is 0. The molecule has 2 aromatic carbocycles. The summed E-state index contributed by atoms with van der Waals surface area (Å²) in [7, 11) is 0. The maximum absolute atomic E-state index is 11.8. The van der Waals surface area contributed by atoms with Gasteiger partial charge in [0.15, 0.2) is 0 Å². The van der Waals surface area contributed by atoms with Gasteiger partial charge in [0.05, 0.1) is 13.1 Å². The summed E-state index contributed by atoms with van der Waals surface area (Å²) in [6.45, 7) is 2.58. The molecule has 8 heteroatoms. The van der Waals surface area contributed by atoms with E-state index in [1.165, 1.54) is 5.56 Å². The van der Waals surface area contributed by atoms with Crippen molar-refractivity contribution in [2.24, 2.45) is 0 Å². The molecular formula is C19H22N5O3+. The minimum absolute atomic E-state index is 0.00828. The van der Waals surface area contributed by atoms with Crippen LogP contribution in [0.4, 0.5) is 5.82 Å². The van der Waals surface area contributed by atoms with Gasteiger partial charge in [-0.3, -0.25) is 4.79 Å². The molecule has 0 aliphatic rings. The zero-order valence-electron chi connectivity index (χ0n) is 14.8. The Morgan fingerprint density at radius 3 is 2.56 bits per heavy atom. The number of hydrogen-bond donors (Lipinski definition) is 3. The minimum atomic E-state index is -0.387. The van der Waals surface area contributed by atoms with Crippen LogP contribution in [-0.2, 0) is 13.2 Å². The molecule has 0 atom stereocenters. The van der Waals surface area contributed by atoms with Crippen LogP contribution in [0.25, 0.3) is 0 Å². The van der Waals surface area contributed by atoms with Gasteiger partial charge >= 0.3 is 0 Å². The standard InChI is InChI=1S/C19H21N5O3/c20-18-17(23-27-24-18)19(25)22-11-10-21-12-14-6-8-16(9-7-14)26-13-15-4-2-1-3-5-15/h1-9,21H,10-13H2,(H2,20,24)(H,22,25)/p+1.